The van der Waals surface area contributed by atoms with Crippen molar-refractivity contribution in [2.45, 2.75) is 19.9 Å². The molecule has 0 aliphatic heterocycles. The Balaban J connectivity index is 2.67. The Labute approximate surface area is 94.1 Å². The number of nitrogens with zero attached hydrogens (tertiary/aromatic N) is 2. The minimum atomic E-state index is -0.00699. The highest BCUT2D eigenvalue weighted by Crippen LogP contribution is 2.10. The summed E-state index contributed by atoms with van der Waals surface area (Å²) in [7, 11) is 0. The first kappa shape index (κ1) is 10.6. The van der Waals surface area contributed by atoms with Crippen molar-refractivity contribution in [1.82, 2.24) is 9.55 Å². The molecule has 0 amide bonds. The Morgan fingerprint density at radius 1 is 1.38 bits per heavy atom. The van der Waals surface area contributed by atoms with E-state index in [1.807, 2.05) is 25.1 Å². The van der Waals surface area contributed by atoms with Crippen molar-refractivity contribution in [3.63, 3.8) is 0 Å². The van der Waals surface area contributed by atoms with Gasteiger partial charge in [0.15, 0.2) is 0 Å². The van der Waals surface area contributed by atoms with Gasteiger partial charge in [-0.1, -0.05) is 6.08 Å². The molecule has 2 rings (SSSR count). The van der Waals surface area contributed by atoms with E-state index in [9.17, 15) is 4.79 Å². The summed E-state index contributed by atoms with van der Waals surface area (Å²) in [5.74, 6) is 0. The predicted octanol–water partition coefficient (Wildman–Crippen LogP) is 2.28. The van der Waals surface area contributed by atoms with Crippen molar-refractivity contribution in [2.75, 3.05) is 0 Å². The van der Waals surface area contributed by atoms with Gasteiger partial charge in [0.2, 0.25) is 0 Å². The van der Waals surface area contributed by atoms with E-state index >= 15 is 0 Å². The van der Waals surface area contributed by atoms with Crippen LogP contribution in [0.15, 0.2) is 41.7 Å². The molecule has 2 aromatic rings. The zero-order chi connectivity index (χ0) is 11.5. The van der Waals surface area contributed by atoms with Crippen molar-refractivity contribution in [2.24, 2.45) is 0 Å². The molecule has 0 fully saturated rings. The molecular formula is C13H14N2O. The zero-order valence-corrected chi connectivity index (χ0v) is 9.31. The summed E-state index contributed by atoms with van der Waals surface area (Å²) in [4.78, 5) is 16.2. The maximum absolute atomic E-state index is 11.7. The summed E-state index contributed by atoms with van der Waals surface area (Å²) in [6, 6.07) is 7.34. The lowest BCUT2D eigenvalue weighted by atomic mass is 10.2. The van der Waals surface area contributed by atoms with Gasteiger partial charge in [-0.25, -0.2) is 4.98 Å². The van der Waals surface area contributed by atoms with Gasteiger partial charge >= 0.3 is 0 Å². The second-order valence-electron chi connectivity index (χ2n) is 3.77. The molecule has 0 saturated heterocycles. The third-order valence-electron chi connectivity index (χ3n) is 2.53. The molecule has 3 heteroatoms. The van der Waals surface area contributed by atoms with Gasteiger partial charge < -0.3 is 0 Å². The lowest BCUT2D eigenvalue weighted by Gasteiger charge is -2.08. The third kappa shape index (κ3) is 1.89. The lowest BCUT2D eigenvalue weighted by Crippen LogP contribution is -2.20. The predicted molar refractivity (Wildman–Crippen MR) is 65.6 cm³/mol. The highest BCUT2D eigenvalue weighted by molar-refractivity contribution is 5.74. The van der Waals surface area contributed by atoms with Gasteiger partial charge in [0.05, 0.1) is 0 Å². The van der Waals surface area contributed by atoms with Crippen LogP contribution in [-0.4, -0.2) is 9.55 Å². The van der Waals surface area contributed by atoms with E-state index in [2.05, 4.69) is 11.6 Å². The van der Waals surface area contributed by atoms with Crippen molar-refractivity contribution in [3.05, 3.63) is 53.0 Å². The minimum absolute atomic E-state index is 0.00699. The van der Waals surface area contributed by atoms with E-state index in [0.717, 1.165) is 23.1 Å². The molecule has 3 nitrogen and oxygen atoms in total. The number of rotatable bonds is 3. The van der Waals surface area contributed by atoms with Crippen LogP contribution in [0.5, 0.6) is 0 Å². The van der Waals surface area contributed by atoms with Crippen molar-refractivity contribution >= 4 is 11.0 Å². The molecule has 2 heterocycles. The molecule has 0 aliphatic carbocycles. The minimum Gasteiger partial charge on any atom is -0.292 e. The number of fused-ring (bicyclic) bond motifs is 1. The largest absolute Gasteiger partial charge is 0.292 e. The summed E-state index contributed by atoms with van der Waals surface area (Å²) in [5, 5.41) is 0.995. The number of hydrogen-bond donors (Lipinski definition) is 0. The van der Waals surface area contributed by atoms with Crippen LogP contribution in [0.1, 0.15) is 12.1 Å². The average Bonchev–Trinajstić information content (AvgIpc) is 2.28. The second-order valence-corrected chi connectivity index (χ2v) is 3.77. The molecule has 2 aromatic heterocycles. The van der Waals surface area contributed by atoms with Gasteiger partial charge in [-0.15, -0.1) is 6.58 Å². The number of pyridine rings is 2. The van der Waals surface area contributed by atoms with Crippen molar-refractivity contribution < 1.29 is 0 Å². The fraction of sp³-hybridized carbons (Fsp3) is 0.231. The van der Waals surface area contributed by atoms with Gasteiger partial charge in [-0.05, 0) is 31.5 Å². The highest BCUT2D eigenvalue weighted by atomic mass is 16.1. The first-order valence-corrected chi connectivity index (χ1v) is 5.30. The van der Waals surface area contributed by atoms with Gasteiger partial charge in [-0.2, -0.15) is 0 Å². The Hall–Kier alpha value is -1.90. The number of hydrogen-bond acceptors (Lipinski definition) is 2. The van der Waals surface area contributed by atoms with Crippen LogP contribution in [0, 0.1) is 6.92 Å². The fourth-order valence-corrected chi connectivity index (χ4v) is 1.69. The smallest absolute Gasteiger partial charge is 0.252 e. The SMILES string of the molecule is C=CCCn1c(=O)ccc2ccc(C)nc21. The molecule has 0 spiro atoms. The quantitative estimate of drug-likeness (QED) is 0.735. The molecule has 0 aromatic carbocycles. The molecule has 0 atom stereocenters. The topological polar surface area (TPSA) is 34.9 Å². The second kappa shape index (κ2) is 4.31. The summed E-state index contributed by atoms with van der Waals surface area (Å²) < 4.78 is 1.70. The molecule has 0 unspecified atom stereocenters. The van der Waals surface area contributed by atoms with Crippen LogP contribution >= 0.6 is 0 Å². The normalized spacial score (nSPS) is 10.6. The maximum atomic E-state index is 11.7. The van der Waals surface area contributed by atoms with Crippen LogP contribution in [0.2, 0.25) is 0 Å². The Kier molecular flexibility index (Phi) is 2.86. The van der Waals surface area contributed by atoms with Crippen LogP contribution in [0.3, 0.4) is 0 Å². The van der Waals surface area contributed by atoms with Crippen molar-refractivity contribution in [3.8, 4) is 0 Å². The Morgan fingerprint density at radius 3 is 2.88 bits per heavy atom. The van der Waals surface area contributed by atoms with Crippen LogP contribution < -0.4 is 5.56 Å². The van der Waals surface area contributed by atoms with E-state index in [1.54, 1.807) is 16.7 Å². The maximum Gasteiger partial charge on any atom is 0.252 e. The third-order valence-corrected chi connectivity index (χ3v) is 2.53. The van der Waals surface area contributed by atoms with Gasteiger partial charge in [0.25, 0.3) is 5.56 Å². The highest BCUT2D eigenvalue weighted by Gasteiger charge is 2.03. The molecule has 0 saturated carbocycles. The summed E-state index contributed by atoms with van der Waals surface area (Å²) in [6.07, 6.45) is 2.58. The lowest BCUT2D eigenvalue weighted by molar-refractivity contribution is 0.700. The number of aromatic nitrogens is 2. The number of allylic oxidation sites excluding steroid dienone is 1. The van der Waals surface area contributed by atoms with Gasteiger partial charge in [-0.3, -0.25) is 9.36 Å². The van der Waals surface area contributed by atoms with Crippen molar-refractivity contribution in [1.29, 1.82) is 0 Å². The molecule has 0 N–H and O–H groups in total. The number of aryl methyl sites for hydroxylation is 2. The van der Waals surface area contributed by atoms with E-state index in [4.69, 9.17) is 0 Å². The zero-order valence-electron chi connectivity index (χ0n) is 9.31. The summed E-state index contributed by atoms with van der Waals surface area (Å²) in [6.45, 7) is 6.23. The van der Waals surface area contributed by atoms with E-state index < -0.39 is 0 Å². The average molecular weight is 214 g/mol. The molecule has 82 valence electrons. The Morgan fingerprint density at radius 2 is 2.12 bits per heavy atom. The van der Waals surface area contributed by atoms with Crippen LogP contribution in [0.25, 0.3) is 11.0 Å². The fourth-order valence-electron chi connectivity index (χ4n) is 1.69. The van der Waals surface area contributed by atoms with Gasteiger partial charge in [0, 0.05) is 23.7 Å². The standard InChI is InChI=1S/C13H14N2O/c1-3-4-9-15-12(16)8-7-11-6-5-10(2)14-13(11)15/h3,5-8H,1,4,9H2,2H3. The van der Waals surface area contributed by atoms with E-state index in [0.29, 0.717) is 6.54 Å². The van der Waals surface area contributed by atoms with Crippen LogP contribution in [-0.2, 0) is 6.54 Å². The molecule has 0 bridgehead atoms. The monoisotopic (exact) mass is 214 g/mol. The first-order chi connectivity index (χ1) is 7.72. The summed E-state index contributed by atoms with van der Waals surface area (Å²) >= 11 is 0. The molecule has 0 radical (unpaired) electrons. The van der Waals surface area contributed by atoms with E-state index in [-0.39, 0.29) is 5.56 Å². The van der Waals surface area contributed by atoms with Gasteiger partial charge in [0.1, 0.15) is 5.65 Å². The first-order valence-electron chi connectivity index (χ1n) is 5.30. The molecule has 16 heavy (non-hydrogen) atoms. The molecular weight excluding hydrogens is 200 g/mol. The van der Waals surface area contributed by atoms with Crippen LogP contribution in [0.4, 0.5) is 0 Å². The Bertz CT molecular complexity index is 584. The van der Waals surface area contributed by atoms with E-state index in [1.165, 1.54) is 0 Å². The summed E-state index contributed by atoms with van der Waals surface area (Å²) in [5.41, 5.74) is 1.67. The molecule has 0 aliphatic rings.